The summed E-state index contributed by atoms with van der Waals surface area (Å²) < 4.78 is 22.1. The molecule has 0 saturated carbocycles. The van der Waals surface area contributed by atoms with Crippen molar-refractivity contribution in [1.29, 1.82) is 0 Å². The van der Waals surface area contributed by atoms with Crippen molar-refractivity contribution >= 4 is 11.9 Å². The van der Waals surface area contributed by atoms with Crippen molar-refractivity contribution in [2.24, 2.45) is 0 Å². The first-order valence-electron chi connectivity index (χ1n) is 8.34. The van der Waals surface area contributed by atoms with E-state index in [1.807, 2.05) is 37.3 Å². The second kappa shape index (κ2) is 9.34. The predicted octanol–water partition coefficient (Wildman–Crippen LogP) is 2.93. The summed E-state index contributed by atoms with van der Waals surface area (Å²) in [7, 11) is 0. The monoisotopic (exact) mass is 348 g/mol. The van der Waals surface area contributed by atoms with Gasteiger partial charge in [-0.2, -0.15) is 0 Å². The Morgan fingerprint density at radius 3 is 2.44 bits per heavy atom. The van der Waals surface area contributed by atoms with Crippen molar-refractivity contribution in [3.8, 4) is 0 Å². The zero-order valence-corrected chi connectivity index (χ0v) is 14.7. The lowest BCUT2D eigenvalue weighted by atomic mass is 10.1. The molecule has 4 atom stereocenters. The molecule has 0 N–H and O–H groups in total. The van der Waals surface area contributed by atoms with Crippen LogP contribution in [0.15, 0.2) is 42.5 Å². The molecule has 0 amide bonds. The number of carbonyl (C=O) groups excluding carboxylic acids is 2. The Balaban J connectivity index is 2.05. The minimum Gasteiger partial charge on any atom is -0.463 e. The van der Waals surface area contributed by atoms with Crippen LogP contribution >= 0.6 is 0 Å². The van der Waals surface area contributed by atoms with E-state index >= 15 is 0 Å². The summed E-state index contributed by atoms with van der Waals surface area (Å²) in [6.07, 6.45) is 2.22. The first kappa shape index (κ1) is 19.1. The smallest absolute Gasteiger partial charge is 0.303 e. The van der Waals surface area contributed by atoms with Crippen molar-refractivity contribution in [1.82, 2.24) is 0 Å². The lowest BCUT2D eigenvalue weighted by Crippen LogP contribution is -2.42. The fraction of sp³-hybridized carbons (Fsp3) is 0.474. The predicted molar refractivity (Wildman–Crippen MR) is 90.5 cm³/mol. The van der Waals surface area contributed by atoms with Gasteiger partial charge < -0.3 is 18.9 Å². The second-order valence-corrected chi connectivity index (χ2v) is 5.75. The Hall–Kier alpha value is -2.18. The third kappa shape index (κ3) is 5.99. The largest absolute Gasteiger partial charge is 0.463 e. The molecule has 1 aromatic carbocycles. The van der Waals surface area contributed by atoms with Crippen LogP contribution in [0, 0.1) is 0 Å². The maximum Gasteiger partial charge on any atom is 0.303 e. The zero-order valence-electron chi connectivity index (χ0n) is 14.7. The molecule has 0 aromatic heterocycles. The molecule has 0 fully saturated rings. The maximum absolute atomic E-state index is 11.2. The summed E-state index contributed by atoms with van der Waals surface area (Å²) in [5, 5.41) is 0. The van der Waals surface area contributed by atoms with Crippen molar-refractivity contribution in [2.45, 2.75) is 51.8 Å². The molecule has 1 unspecified atom stereocenters. The van der Waals surface area contributed by atoms with Gasteiger partial charge in [-0.05, 0) is 24.1 Å². The molecular formula is C19H24O6. The lowest BCUT2D eigenvalue weighted by Gasteiger charge is -2.33. The summed E-state index contributed by atoms with van der Waals surface area (Å²) in [5.41, 5.74) is 1.06. The number of hydrogen-bond donors (Lipinski definition) is 0. The summed E-state index contributed by atoms with van der Waals surface area (Å²) in [4.78, 5) is 22.3. The Bertz CT molecular complexity index is 597. The van der Waals surface area contributed by atoms with Crippen LogP contribution < -0.4 is 0 Å². The summed E-state index contributed by atoms with van der Waals surface area (Å²) in [5.74, 6) is -0.853. The van der Waals surface area contributed by atoms with E-state index in [1.165, 1.54) is 13.8 Å². The Morgan fingerprint density at radius 1 is 1.12 bits per heavy atom. The molecular weight excluding hydrogens is 324 g/mol. The highest BCUT2D eigenvalue weighted by Crippen LogP contribution is 2.26. The second-order valence-electron chi connectivity index (χ2n) is 5.75. The lowest BCUT2D eigenvalue weighted by molar-refractivity contribution is -0.211. The molecule has 0 spiro atoms. The van der Waals surface area contributed by atoms with Crippen molar-refractivity contribution < 1.29 is 28.5 Å². The van der Waals surface area contributed by atoms with Gasteiger partial charge in [0.05, 0.1) is 6.10 Å². The van der Waals surface area contributed by atoms with Crippen LogP contribution in [0.1, 0.15) is 38.9 Å². The molecule has 2 rings (SSSR count). The fourth-order valence-electron chi connectivity index (χ4n) is 2.58. The minimum atomic E-state index is -0.617. The molecule has 0 saturated heterocycles. The Kier molecular flexibility index (Phi) is 7.16. The normalized spacial score (nSPS) is 23.7. The molecule has 0 aliphatic carbocycles. The standard InChI is InChI=1S/C19H24O6/c1-4-16(15-8-6-5-7-9-15)24-19-11-10-17(23-14(3)21)18(25-19)12-22-13(2)20/h5-11,16-19H,4,12H2,1-3H3/t16?,17-,18+,19-/m0/s1. The molecule has 25 heavy (non-hydrogen) atoms. The summed E-state index contributed by atoms with van der Waals surface area (Å²) in [6.45, 7) is 4.65. The van der Waals surface area contributed by atoms with Gasteiger partial charge in [0.25, 0.3) is 0 Å². The van der Waals surface area contributed by atoms with Gasteiger partial charge in [-0.1, -0.05) is 37.3 Å². The molecule has 6 heteroatoms. The van der Waals surface area contributed by atoms with E-state index in [0.717, 1.165) is 12.0 Å². The van der Waals surface area contributed by atoms with Crippen LogP contribution in [-0.4, -0.2) is 37.0 Å². The van der Waals surface area contributed by atoms with Crippen LogP contribution in [-0.2, 0) is 28.5 Å². The Morgan fingerprint density at radius 2 is 1.84 bits per heavy atom. The van der Waals surface area contributed by atoms with Gasteiger partial charge in [0.15, 0.2) is 6.29 Å². The van der Waals surface area contributed by atoms with E-state index in [-0.39, 0.29) is 12.7 Å². The topological polar surface area (TPSA) is 71.1 Å². The van der Waals surface area contributed by atoms with Gasteiger partial charge in [-0.3, -0.25) is 9.59 Å². The molecule has 0 radical (unpaired) electrons. The van der Waals surface area contributed by atoms with E-state index in [9.17, 15) is 9.59 Å². The van der Waals surface area contributed by atoms with E-state index in [4.69, 9.17) is 18.9 Å². The molecule has 1 aliphatic heterocycles. The average molecular weight is 348 g/mol. The molecule has 136 valence electrons. The van der Waals surface area contributed by atoms with Crippen molar-refractivity contribution in [2.75, 3.05) is 6.61 Å². The van der Waals surface area contributed by atoms with Crippen LogP contribution in [0.4, 0.5) is 0 Å². The van der Waals surface area contributed by atoms with Crippen LogP contribution in [0.5, 0.6) is 0 Å². The van der Waals surface area contributed by atoms with E-state index in [0.29, 0.717) is 0 Å². The van der Waals surface area contributed by atoms with E-state index < -0.39 is 30.4 Å². The highest BCUT2D eigenvalue weighted by molar-refractivity contribution is 5.66. The fourth-order valence-corrected chi connectivity index (χ4v) is 2.58. The van der Waals surface area contributed by atoms with Crippen LogP contribution in [0.3, 0.4) is 0 Å². The number of ether oxygens (including phenoxy) is 4. The maximum atomic E-state index is 11.2. The number of rotatable bonds is 7. The molecule has 1 aliphatic rings. The quantitative estimate of drug-likeness (QED) is 0.557. The summed E-state index contributed by atoms with van der Waals surface area (Å²) >= 11 is 0. The minimum absolute atomic E-state index is 0.0143. The summed E-state index contributed by atoms with van der Waals surface area (Å²) in [6, 6.07) is 9.86. The third-order valence-corrected chi connectivity index (χ3v) is 3.73. The number of benzene rings is 1. The van der Waals surface area contributed by atoms with Gasteiger partial charge in [-0.15, -0.1) is 0 Å². The molecule has 1 heterocycles. The van der Waals surface area contributed by atoms with Gasteiger partial charge >= 0.3 is 11.9 Å². The SMILES string of the molecule is CCC(O[C@@H]1C=C[C@H](OC(C)=O)[C@@H](COC(C)=O)O1)c1ccccc1. The molecule has 6 nitrogen and oxygen atoms in total. The molecule has 1 aromatic rings. The van der Waals surface area contributed by atoms with Crippen molar-refractivity contribution in [3.63, 3.8) is 0 Å². The van der Waals surface area contributed by atoms with Gasteiger partial charge in [0.2, 0.25) is 0 Å². The molecule has 0 bridgehead atoms. The van der Waals surface area contributed by atoms with Gasteiger partial charge in [0.1, 0.15) is 18.8 Å². The van der Waals surface area contributed by atoms with Crippen molar-refractivity contribution in [3.05, 3.63) is 48.0 Å². The van der Waals surface area contributed by atoms with Gasteiger partial charge in [-0.25, -0.2) is 0 Å². The number of carbonyl (C=O) groups is 2. The highest BCUT2D eigenvalue weighted by Gasteiger charge is 2.32. The average Bonchev–Trinajstić information content (AvgIpc) is 2.59. The zero-order chi connectivity index (χ0) is 18.2. The van der Waals surface area contributed by atoms with E-state index in [1.54, 1.807) is 12.2 Å². The van der Waals surface area contributed by atoms with Crippen LogP contribution in [0.25, 0.3) is 0 Å². The van der Waals surface area contributed by atoms with E-state index in [2.05, 4.69) is 0 Å². The third-order valence-electron chi connectivity index (χ3n) is 3.73. The first-order valence-corrected chi connectivity index (χ1v) is 8.34. The van der Waals surface area contributed by atoms with Gasteiger partial charge in [0, 0.05) is 13.8 Å². The highest BCUT2D eigenvalue weighted by atomic mass is 16.7. The number of esters is 2. The van der Waals surface area contributed by atoms with Crippen LogP contribution in [0.2, 0.25) is 0 Å². The first-order chi connectivity index (χ1) is 12.0. The Labute approximate surface area is 147 Å². The number of hydrogen-bond acceptors (Lipinski definition) is 6.